The summed E-state index contributed by atoms with van der Waals surface area (Å²) in [6.07, 6.45) is 3.06. The van der Waals surface area contributed by atoms with Gasteiger partial charge in [0.1, 0.15) is 16.5 Å². The van der Waals surface area contributed by atoms with E-state index in [1.807, 2.05) is 49.4 Å². The van der Waals surface area contributed by atoms with Crippen LogP contribution in [-0.4, -0.2) is 22.6 Å². The molecule has 0 unspecified atom stereocenters. The quantitative estimate of drug-likeness (QED) is 0.531. The van der Waals surface area contributed by atoms with Crippen LogP contribution in [0, 0.1) is 0 Å². The Balaban J connectivity index is 1.81. The number of hydrogen-bond donors (Lipinski definition) is 1. The normalized spacial score (nSPS) is 10.8. The molecule has 0 aliphatic rings. The fraction of sp³-hybridized carbons (Fsp3) is 0.105. The molecule has 3 aromatic rings. The summed E-state index contributed by atoms with van der Waals surface area (Å²) in [6, 6.07) is 16.6. The molecule has 0 bridgehead atoms. The first-order valence-corrected chi connectivity index (χ1v) is 8.42. The number of nitrogens with zero attached hydrogens (tertiary/aromatic N) is 3. The monoisotopic (exact) mass is 368 g/mol. The molecule has 0 saturated heterocycles. The van der Waals surface area contributed by atoms with E-state index < -0.39 is 5.56 Å². The molecule has 3 rings (SSSR count). The SMILES string of the molecule is CCOc1ccccc1/C=N/Nc1cnn(-c2ccccc2)c(=O)c1Cl. The fourth-order valence-electron chi connectivity index (χ4n) is 2.31. The maximum absolute atomic E-state index is 12.4. The van der Waals surface area contributed by atoms with Crippen molar-refractivity contribution in [2.75, 3.05) is 12.0 Å². The number of hydrazone groups is 1. The Bertz CT molecular complexity index is 971. The van der Waals surface area contributed by atoms with E-state index >= 15 is 0 Å². The number of aromatic nitrogens is 2. The van der Waals surface area contributed by atoms with Gasteiger partial charge in [-0.05, 0) is 31.2 Å². The third-order valence-corrected chi connectivity index (χ3v) is 3.89. The van der Waals surface area contributed by atoms with Crippen LogP contribution in [-0.2, 0) is 0 Å². The average molecular weight is 369 g/mol. The highest BCUT2D eigenvalue weighted by Crippen LogP contribution is 2.18. The van der Waals surface area contributed by atoms with Crippen molar-refractivity contribution in [3.8, 4) is 11.4 Å². The lowest BCUT2D eigenvalue weighted by atomic mass is 10.2. The molecule has 132 valence electrons. The molecular formula is C19H17ClN4O2. The van der Waals surface area contributed by atoms with Crippen molar-refractivity contribution in [1.29, 1.82) is 0 Å². The second-order valence-corrected chi connectivity index (χ2v) is 5.64. The lowest BCUT2D eigenvalue weighted by Gasteiger charge is -2.08. The van der Waals surface area contributed by atoms with Crippen LogP contribution in [0.15, 0.2) is 70.7 Å². The highest BCUT2D eigenvalue weighted by Gasteiger charge is 2.10. The predicted octanol–water partition coefficient (Wildman–Crippen LogP) is 3.73. The second-order valence-electron chi connectivity index (χ2n) is 5.27. The molecular weight excluding hydrogens is 352 g/mol. The van der Waals surface area contributed by atoms with Crippen molar-refractivity contribution in [1.82, 2.24) is 9.78 Å². The minimum absolute atomic E-state index is 0.0131. The van der Waals surface area contributed by atoms with E-state index in [1.54, 1.807) is 18.3 Å². The number of halogens is 1. The third kappa shape index (κ3) is 3.92. The molecule has 0 aliphatic heterocycles. The van der Waals surface area contributed by atoms with E-state index in [1.165, 1.54) is 10.9 Å². The van der Waals surface area contributed by atoms with E-state index in [-0.39, 0.29) is 5.02 Å². The Labute approximate surface area is 155 Å². The molecule has 26 heavy (non-hydrogen) atoms. The predicted molar refractivity (Wildman–Crippen MR) is 104 cm³/mol. The number of ether oxygens (including phenoxy) is 1. The van der Waals surface area contributed by atoms with Crippen LogP contribution in [0.3, 0.4) is 0 Å². The van der Waals surface area contributed by atoms with E-state index in [2.05, 4.69) is 15.6 Å². The van der Waals surface area contributed by atoms with Crippen molar-refractivity contribution < 1.29 is 4.74 Å². The van der Waals surface area contributed by atoms with Crippen molar-refractivity contribution in [3.05, 3.63) is 81.7 Å². The molecule has 1 aromatic heterocycles. The molecule has 0 spiro atoms. The summed E-state index contributed by atoms with van der Waals surface area (Å²) in [5.41, 5.74) is 4.11. The number of nitrogens with one attached hydrogen (secondary N) is 1. The van der Waals surface area contributed by atoms with Gasteiger partial charge in [0, 0.05) is 5.56 Å². The van der Waals surface area contributed by atoms with Gasteiger partial charge in [-0.2, -0.15) is 14.9 Å². The highest BCUT2D eigenvalue weighted by atomic mass is 35.5. The number of hydrogen-bond acceptors (Lipinski definition) is 5. The Kier molecular flexibility index (Phi) is 5.66. The molecule has 7 heteroatoms. The minimum atomic E-state index is -0.423. The van der Waals surface area contributed by atoms with Gasteiger partial charge in [0.2, 0.25) is 0 Å². The zero-order valence-corrected chi connectivity index (χ0v) is 14.8. The summed E-state index contributed by atoms with van der Waals surface area (Å²) in [5, 5.41) is 8.29. The van der Waals surface area contributed by atoms with Gasteiger partial charge in [-0.15, -0.1) is 0 Å². The van der Waals surface area contributed by atoms with E-state index in [0.29, 0.717) is 18.0 Å². The summed E-state index contributed by atoms with van der Waals surface area (Å²) in [4.78, 5) is 12.4. The Morgan fingerprint density at radius 3 is 2.69 bits per heavy atom. The van der Waals surface area contributed by atoms with Gasteiger partial charge in [0.05, 0.1) is 24.7 Å². The highest BCUT2D eigenvalue weighted by molar-refractivity contribution is 6.32. The fourth-order valence-corrected chi connectivity index (χ4v) is 2.48. The standard InChI is InChI=1S/C19H17ClN4O2/c1-2-26-17-11-7-6-8-14(17)12-21-23-16-13-22-24(19(25)18(16)20)15-9-4-3-5-10-15/h3-13,23H,2H2,1H3/b21-12+. The maximum atomic E-state index is 12.4. The van der Waals surface area contributed by atoms with Crippen molar-refractivity contribution in [2.24, 2.45) is 5.10 Å². The maximum Gasteiger partial charge on any atom is 0.292 e. The largest absolute Gasteiger partial charge is 0.493 e. The Morgan fingerprint density at radius 2 is 1.92 bits per heavy atom. The molecule has 0 fully saturated rings. The van der Waals surface area contributed by atoms with Gasteiger partial charge in [0.15, 0.2) is 0 Å². The lowest BCUT2D eigenvalue weighted by Crippen LogP contribution is -2.22. The van der Waals surface area contributed by atoms with Crippen molar-refractivity contribution in [2.45, 2.75) is 6.92 Å². The summed E-state index contributed by atoms with van der Waals surface area (Å²) >= 11 is 6.18. The molecule has 0 radical (unpaired) electrons. The van der Waals surface area contributed by atoms with Crippen LogP contribution in [0.4, 0.5) is 5.69 Å². The van der Waals surface area contributed by atoms with Gasteiger partial charge >= 0.3 is 0 Å². The number of para-hydroxylation sites is 2. The zero-order chi connectivity index (χ0) is 18.4. The summed E-state index contributed by atoms with van der Waals surface area (Å²) in [6.45, 7) is 2.48. The smallest absolute Gasteiger partial charge is 0.292 e. The first kappa shape index (κ1) is 17.7. The first-order valence-electron chi connectivity index (χ1n) is 8.05. The number of anilines is 1. The molecule has 0 atom stereocenters. The van der Waals surface area contributed by atoms with Crippen molar-refractivity contribution >= 4 is 23.5 Å². The van der Waals surface area contributed by atoms with Crippen LogP contribution in [0.1, 0.15) is 12.5 Å². The van der Waals surface area contributed by atoms with Gasteiger partial charge in [-0.25, -0.2) is 0 Å². The molecule has 6 nitrogen and oxygen atoms in total. The van der Waals surface area contributed by atoms with Gasteiger partial charge in [0.25, 0.3) is 5.56 Å². The molecule has 0 saturated carbocycles. The van der Waals surface area contributed by atoms with E-state index in [0.717, 1.165) is 11.3 Å². The van der Waals surface area contributed by atoms with Crippen LogP contribution in [0.2, 0.25) is 5.02 Å². The molecule has 0 aliphatic carbocycles. The minimum Gasteiger partial charge on any atom is -0.493 e. The molecule has 1 N–H and O–H groups in total. The molecule has 2 aromatic carbocycles. The van der Waals surface area contributed by atoms with Crippen LogP contribution < -0.4 is 15.7 Å². The van der Waals surface area contributed by atoms with Gasteiger partial charge in [-0.1, -0.05) is 41.9 Å². The average Bonchev–Trinajstić information content (AvgIpc) is 2.67. The van der Waals surface area contributed by atoms with E-state index in [9.17, 15) is 4.79 Å². The van der Waals surface area contributed by atoms with E-state index in [4.69, 9.17) is 16.3 Å². The Hall–Kier alpha value is -3.12. The Morgan fingerprint density at radius 1 is 1.19 bits per heavy atom. The summed E-state index contributed by atoms with van der Waals surface area (Å²) in [5.74, 6) is 0.726. The van der Waals surface area contributed by atoms with Crippen LogP contribution in [0.5, 0.6) is 5.75 Å². The summed E-state index contributed by atoms with van der Waals surface area (Å²) in [7, 11) is 0. The number of benzene rings is 2. The zero-order valence-electron chi connectivity index (χ0n) is 14.1. The molecule has 0 amide bonds. The van der Waals surface area contributed by atoms with Crippen LogP contribution >= 0.6 is 11.6 Å². The lowest BCUT2D eigenvalue weighted by molar-refractivity contribution is 0.340. The topological polar surface area (TPSA) is 68.5 Å². The van der Waals surface area contributed by atoms with Crippen LogP contribution in [0.25, 0.3) is 5.69 Å². The number of rotatable bonds is 6. The molecule has 1 heterocycles. The van der Waals surface area contributed by atoms with Crippen molar-refractivity contribution in [3.63, 3.8) is 0 Å². The second kappa shape index (κ2) is 8.31. The third-order valence-electron chi connectivity index (χ3n) is 3.53. The first-order chi connectivity index (χ1) is 12.7. The van der Waals surface area contributed by atoms with Gasteiger partial charge < -0.3 is 4.74 Å². The summed E-state index contributed by atoms with van der Waals surface area (Å²) < 4.78 is 6.77. The van der Waals surface area contributed by atoms with Gasteiger partial charge in [-0.3, -0.25) is 10.2 Å².